The fourth-order valence-electron chi connectivity index (χ4n) is 3.24. The van der Waals surface area contributed by atoms with E-state index in [4.69, 9.17) is 4.42 Å². The van der Waals surface area contributed by atoms with E-state index in [-0.39, 0.29) is 23.5 Å². The van der Waals surface area contributed by atoms with Crippen LogP contribution in [0.2, 0.25) is 0 Å². The van der Waals surface area contributed by atoms with Crippen molar-refractivity contribution in [2.45, 2.75) is 72.6 Å². The summed E-state index contributed by atoms with van der Waals surface area (Å²) < 4.78 is 32.4. The first kappa shape index (κ1) is 23.9. The molecule has 3 aromatic rings. The van der Waals surface area contributed by atoms with E-state index in [9.17, 15) is 8.78 Å². The minimum atomic E-state index is -0.251. The Bertz CT molecular complexity index is 805. The minimum Gasteiger partial charge on any atom is -0.464 e. The zero-order valence-electron chi connectivity index (χ0n) is 18.1. The van der Waals surface area contributed by atoms with Crippen molar-refractivity contribution in [3.63, 3.8) is 0 Å². The molecule has 0 spiro atoms. The van der Waals surface area contributed by atoms with E-state index in [1.807, 2.05) is 32.0 Å². The predicted molar refractivity (Wildman–Crippen MR) is 116 cm³/mol. The first-order valence-electron chi connectivity index (χ1n) is 10.4. The van der Waals surface area contributed by atoms with Gasteiger partial charge in [0.1, 0.15) is 17.2 Å². The summed E-state index contributed by atoms with van der Waals surface area (Å²) in [7, 11) is 0. The van der Waals surface area contributed by atoms with Crippen molar-refractivity contribution in [2.24, 2.45) is 0 Å². The zero-order chi connectivity index (χ0) is 21.1. The maximum absolute atomic E-state index is 13.8. The van der Waals surface area contributed by atoms with Gasteiger partial charge in [-0.3, -0.25) is 0 Å². The Morgan fingerprint density at radius 1 is 0.893 bits per heavy atom. The van der Waals surface area contributed by atoms with Gasteiger partial charge in [-0.1, -0.05) is 66.2 Å². The summed E-state index contributed by atoms with van der Waals surface area (Å²) in [5.41, 5.74) is 2.80. The summed E-state index contributed by atoms with van der Waals surface area (Å²) in [6.45, 7) is 12.5. The molecule has 0 aliphatic carbocycles. The first-order chi connectivity index (χ1) is 13.5. The van der Waals surface area contributed by atoms with Crippen molar-refractivity contribution in [3.05, 3.63) is 71.5 Å². The van der Waals surface area contributed by atoms with E-state index < -0.39 is 0 Å². The number of hydrogen-bond acceptors (Lipinski definition) is 1. The van der Waals surface area contributed by atoms with Crippen LogP contribution in [0, 0.1) is 11.6 Å². The van der Waals surface area contributed by atoms with Crippen LogP contribution in [0.5, 0.6) is 0 Å². The molecule has 0 fully saturated rings. The van der Waals surface area contributed by atoms with Gasteiger partial charge in [-0.25, -0.2) is 8.78 Å². The number of benzene rings is 2. The molecule has 0 saturated carbocycles. The highest BCUT2D eigenvalue weighted by Gasteiger charge is 2.20. The molecule has 0 N–H and O–H groups in total. The molecule has 1 heterocycles. The molecule has 0 radical (unpaired) electrons. The Labute approximate surface area is 168 Å². The molecule has 0 aliphatic heterocycles. The summed E-state index contributed by atoms with van der Waals surface area (Å²) in [6.07, 6.45) is 4.63. The molecule has 2 atom stereocenters. The van der Waals surface area contributed by atoms with Gasteiger partial charge < -0.3 is 4.42 Å². The Kier molecular flexibility index (Phi) is 10.5. The molecule has 28 heavy (non-hydrogen) atoms. The lowest BCUT2D eigenvalue weighted by atomic mass is 9.84. The standard InChI is InChI=1S/C20H20F2O.C3H8.C2H6/c1-3-14(12-13(2)15-4-6-16(21)7-5-15)17-8-9-19(22)18-10-11-23-20(17)18;1-3-2;1-2/h4-11,13-14H,3,12H2,1-2H3;3H2,1-2H3;1-2H3/t13?,14-;;/m0../s1. The van der Waals surface area contributed by atoms with E-state index in [0.717, 1.165) is 24.0 Å². The van der Waals surface area contributed by atoms with Crippen LogP contribution in [0.15, 0.2) is 53.1 Å². The van der Waals surface area contributed by atoms with Crippen LogP contribution in [0.3, 0.4) is 0 Å². The average Bonchev–Trinajstić information content (AvgIpc) is 3.20. The van der Waals surface area contributed by atoms with Crippen molar-refractivity contribution in [1.82, 2.24) is 0 Å². The summed E-state index contributed by atoms with van der Waals surface area (Å²) in [4.78, 5) is 0. The lowest BCUT2D eigenvalue weighted by Crippen LogP contribution is -2.04. The predicted octanol–water partition coefficient (Wildman–Crippen LogP) is 8.84. The molecular weight excluding hydrogens is 354 g/mol. The van der Waals surface area contributed by atoms with E-state index in [0.29, 0.717) is 11.0 Å². The maximum Gasteiger partial charge on any atom is 0.140 e. The van der Waals surface area contributed by atoms with Gasteiger partial charge in [-0.15, -0.1) is 0 Å². The van der Waals surface area contributed by atoms with Crippen molar-refractivity contribution >= 4 is 11.0 Å². The smallest absolute Gasteiger partial charge is 0.140 e. The number of hydrogen-bond donors (Lipinski definition) is 0. The Balaban J connectivity index is 0.000000717. The molecule has 0 aliphatic rings. The number of halogens is 2. The molecule has 1 nitrogen and oxygen atoms in total. The maximum atomic E-state index is 13.8. The van der Waals surface area contributed by atoms with E-state index in [1.54, 1.807) is 6.07 Å². The molecule has 1 aromatic heterocycles. The van der Waals surface area contributed by atoms with Crippen molar-refractivity contribution in [3.8, 4) is 0 Å². The molecule has 154 valence electrons. The highest BCUT2D eigenvalue weighted by molar-refractivity contribution is 5.81. The molecule has 0 amide bonds. The van der Waals surface area contributed by atoms with Crippen LogP contribution in [-0.2, 0) is 0 Å². The quantitative estimate of drug-likeness (QED) is 0.425. The third-order valence-corrected chi connectivity index (χ3v) is 4.60. The molecule has 3 heteroatoms. The Hall–Kier alpha value is -2.16. The highest BCUT2D eigenvalue weighted by Crippen LogP contribution is 2.36. The topological polar surface area (TPSA) is 13.1 Å². The number of fused-ring (bicyclic) bond motifs is 1. The minimum absolute atomic E-state index is 0.219. The van der Waals surface area contributed by atoms with Gasteiger partial charge in [-0.05, 0) is 60.1 Å². The van der Waals surface area contributed by atoms with Gasteiger partial charge in [0, 0.05) is 0 Å². The van der Waals surface area contributed by atoms with Gasteiger partial charge in [0.05, 0.1) is 11.6 Å². The fourth-order valence-corrected chi connectivity index (χ4v) is 3.24. The summed E-state index contributed by atoms with van der Waals surface area (Å²) in [5, 5.41) is 0.537. The van der Waals surface area contributed by atoms with Gasteiger partial charge in [0.2, 0.25) is 0 Å². The SMILES string of the molecule is CC.CCC.CC[C@@H](CC(C)c1ccc(F)cc1)c1ccc(F)c2ccoc12. The Morgan fingerprint density at radius 3 is 2.07 bits per heavy atom. The highest BCUT2D eigenvalue weighted by atomic mass is 19.1. The van der Waals surface area contributed by atoms with Gasteiger partial charge in [0.25, 0.3) is 0 Å². The molecule has 2 aromatic carbocycles. The number of rotatable bonds is 5. The lowest BCUT2D eigenvalue weighted by Gasteiger charge is -2.21. The van der Waals surface area contributed by atoms with Crippen molar-refractivity contribution < 1.29 is 13.2 Å². The van der Waals surface area contributed by atoms with E-state index >= 15 is 0 Å². The monoisotopic (exact) mass is 388 g/mol. The van der Waals surface area contributed by atoms with Gasteiger partial charge >= 0.3 is 0 Å². The van der Waals surface area contributed by atoms with E-state index in [1.165, 1.54) is 30.9 Å². The lowest BCUT2D eigenvalue weighted by molar-refractivity contribution is 0.531. The van der Waals surface area contributed by atoms with Crippen LogP contribution in [0.25, 0.3) is 11.0 Å². The fraction of sp³-hybridized carbons (Fsp3) is 0.440. The summed E-state index contributed by atoms with van der Waals surface area (Å²) in [6, 6.07) is 11.7. The van der Waals surface area contributed by atoms with Crippen LogP contribution in [0.4, 0.5) is 8.78 Å². The van der Waals surface area contributed by atoms with Crippen LogP contribution in [0.1, 0.15) is 83.8 Å². The molecule has 0 bridgehead atoms. The zero-order valence-corrected chi connectivity index (χ0v) is 18.1. The third kappa shape index (κ3) is 6.19. The largest absolute Gasteiger partial charge is 0.464 e. The van der Waals surface area contributed by atoms with Gasteiger partial charge in [-0.2, -0.15) is 0 Å². The summed E-state index contributed by atoms with van der Waals surface area (Å²) >= 11 is 0. The van der Waals surface area contributed by atoms with Gasteiger partial charge in [0.15, 0.2) is 0 Å². The third-order valence-electron chi connectivity index (χ3n) is 4.60. The first-order valence-corrected chi connectivity index (χ1v) is 10.4. The average molecular weight is 389 g/mol. The Morgan fingerprint density at radius 2 is 1.50 bits per heavy atom. The molecule has 1 unspecified atom stereocenters. The van der Waals surface area contributed by atoms with Crippen molar-refractivity contribution in [2.75, 3.05) is 0 Å². The second-order valence-electron chi connectivity index (χ2n) is 6.80. The van der Waals surface area contributed by atoms with Crippen molar-refractivity contribution in [1.29, 1.82) is 0 Å². The van der Waals surface area contributed by atoms with Crippen LogP contribution >= 0.6 is 0 Å². The second kappa shape index (κ2) is 12.3. The number of furan rings is 1. The molecule has 3 rings (SSSR count). The van der Waals surface area contributed by atoms with E-state index in [2.05, 4.69) is 27.7 Å². The summed E-state index contributed by atoms with van der Waals surface area (Å²) in [5.74, 6) is 0.0858. The van der Waals surface area contributed by atoms with Crippen LogP contribution < -0.4 is 0 Å². The molecular formula is C25H34F2O. The van der Waals surface area contributed by atoms with Crippen LogP contribution in [-0.4, -0.2) is 0 Å². The normalized spacial score (nSPS) is 12.4. The molecule has 0 saturated heterocycles. The second-order valence-corrected chi connectivity index (χ2v) is 6.80.